The number of hydrogen-bond acceptors (Lipinski definition) is 6. The molecule has 2 aromatic carbocycles. The third-order valence-corrected chi connectivity index (χ3v) is 5.96. The SMILES string of the molecule is C=N/C=N\N(c1cc([C@@H](COC)N(C(=O)c2ccc(-c3cnn(C(F)F)c3)cc2)C(N)=NC)ccc1Cl)C(F)F. The highest BCUT2D eigenvalue weighted by Crippen LogP contribution is 2.34. The summed E-state index contributed by atoms with van der Waals surface area (Å²) in [5, 5.41) is 7.50. The molecule has 0 spiro atoms. The summed E-state index contributed by atoms with van der Waals surface area (Å²) < 4.78 is 59.2. The van der Waals surface area contributed by atoms with Gasteiger partial charge in [0.25, 0.3) is 5.91 Å². The lowest BCUT2D eigenvalue weighted by molar-refractivity contribution is 0.0566. The number of rotatable bonds is 11. The number of methoxy groups -OCH3 is 1. The van der Waals surface area contributed by atoms with Gasteiger partial charge in [-0.15, -0.1) is 0 Å². The van der Waals surface area contributed by atoms with Gasteiger partial charge < -0.3 is 10.5 Å². The summed E-state index contributed by atoms with van der Waals surface area (Å²) in [6.45, 7) is -2.77. The van der Waals surface area contributed by atoms with Crippen LogP contribution < -0.4 is 10.7 Å². The lowest BCUT2D eigenvalue weighted by Gasteiger charge is -2.31. The number of amides is 1. The first-order valence-corrected chi connectivity index (χ1v) is 11.8. The standard InChI is InChI=1S/C25H25ClF4N8O2/c1-32-14-35-38(24(29)30)20-10-17(8-9-19(20)26)21(13-40-3)37(25(31)33-2)22(39)16-6-4-15(5-7-16)18-11-34-36(12-18)23(27)28/h4-12,14,21,23-24H,1,13H2,2-3H3,(H2,31,33)/b35-14-/t21-/m1/s1. The number of nitrogens with two attached hydrogens (primary N) is 1. The Morgan fingerprint density at radius 3 is 2.45 bits per heavy atom. The zero-order chi connectivity index (χ0) is 29.4. The number of hydrazone groups is 1. The number of guanidine groups is 1. The molecule has 212 valence electrons. The van der Waals surface area contributed by atoms with Crippen LogP contribution in [-0.2, 0) is 4.74 Å². The molecule has 0 aliphatic heterocycles. The third kappa shape index (κ3) is 6.82. The summed E-state index contributed by atoms with van der Waals surface area (Å²) >= 11 is 6.20. The molecule has 1 atom stereocenters. The van der Waals surface area contributed by atoms with Crippen molar-refractivity contribution < 1.29 is 27.1 Å². The molecule has 2 N–H and O–H groups in total. The van der Waals surface area contributed by atoms with Gasteiger partial charge in [-0.3, -0.25) is 19.7 Å². The Bertz CT molecular complexity index is 1380. The van der Waals surface area contributed by atoms with Crippen LogP contribution in [0.3, 0.4) is 0 Å². The Labute approximate surface area is 232 Å². The molecule has 1 heterocycles. The van der Waals surface area contributed by atoms with E-state index in [1.165, 1.54) is 56.9 Å². The van der Waals surface area contributed by atoms with E-state index in [4.69, 9.17) is 22.1 Å². The zero-order valence-electron chi connectivity index (χ0n) is 21.3. The average Bonchev–Trinajstić information content (AvgIpc) is 3.44. The van der Waals surface area contributed by atoms with Crippen molar-refractivity contribution in [2.45, 2.75) is 19.1 Å². The molecule has 0 aliphatic carbocycles. The number of anilines is 1. The van der Waals surface area contributed by atoms with Gasteiger partial charge in [-0.05, 0) is 42.1 Å². The van der Waals surface area contributed by atoms with E-state index in [1.54, 1.807) is 12.1 Å². The molecule has 3 aromatic rings. The molecule has 0 saturated heterocycles. The Balaban J connectivity index is 2.03. The summed E-state index contributed by atoms with van der Waals surface area (Å²) in [5.74, 6) is -0.763. The molecule has 15 heteroatoms. The predicted octanol–water partition coefficient (Wildman–Crippen LogP) is 5.05. The van der Waals surface area contributed by atoms with Crippen LogP contribution in [0.5, 0.6) is 0 Å². The zero-order valence-corrected chi connectivity index (χ0v) is 22.1. The van der Waals surface area contributed by atoms with E-state index in [0.29, 0.717) is 26.4 Å². The first-order valence-electron chi connectivity index (χ1n) is 11.5. The fourth-order valence-corrected chi connectivity index (χ4v) is 3.96. The number of carbonyl (C=O) groups excluding carboxylic acids is 1. The average molecular weight is 581 g/mol. The normalized spacial score (nSPS) is 12.8. The first-order chi connectivity index (χ1) is 19.1. The van der Waals surface area contributed by atoms with Gasteiger partial charge in [0, 0.05) is 31.5 Å². The molecule has 0 unspecified atom stereocenters. The first kappa shape index (κ1) is 30.2. The van der Waals surface area contributed by atoms with Gasteiger partial charge in [0.15, 0.2) is 5.96 Å². The second-order valence-corrected chi connectivity index (χ2v) is 8.45. The van der Waals surface area contributed by atoms with Crippen LogP contribution in [0.15, 0.2) is 69.9 Å². The molecular formula is C25H25ClF4N8O2. The van der Waals surface area contributed by atoms with Crippen LogP contribution >= 0.6 is 11.6 Å². The van der Waals surface area contributed by atoms with Gasteiger partial charge in [0.05, 0.1) is 29.6 Å². The van der Waals surface area contributed by atoms with Crippen molar-refractivity contribution in [1.29, 1.82) is 0 Å². The topological polar surface area (TPSA) is 114 Å². The van der Waals surface area contributed by atoms with Crippen LogP contribution in [0.1, 0.15) is 28.5 Å². The van der Waals surface area contributed by atoms with Crippen LogP contribution in [-0.4, -0.2) is 66.9 Å². The Hall–Kier alpha value is -4.30. The Morgan fingerprint density at radius 2 is 1.90 bits per heavy atom. The number of hydrogen-bond donors (Lipinski definition) is 1. The summed E-state index contributed by atoms with van der Waals surface area (Å²) in [4.78, 5) is 22.2. The molecule has 1 amide bonds. The fourth-order valence-electron chi connectivity index (χ4n) is 3.75. The Kier molecular flexibility index (Phi) is 10.3. The fraction of sp³-hybridized carbons (Fsp3) is 0.240. The highest BCUT2D eigenvalue weighted by atomic mass is 35.5. The van der Waals surface area contributed by atoms with Crippen LogP contribution in [0.25, 0.3) is 11.1 Å². The quantitative estimate of drug-likeness (QED) is 0.112. The number of halogens is 5. The number of aromatic nitrogens is 2. The third-order valence-electron chi connectivity index (χ3n) is 5.64. The van der Waals surface area contributed by atoms with Crippen molar-refractivity contribution in [3.63, 3.8) is 0 Å². The molecule has 10 nitrogen and oxygen atoms in total. The highest BCUT2D eigenvalue weighted by Gasteiger charge is 2.31. The number of benzene rings is 2. The minimum Gasteiger partial charge on any atom is -0.382 e. The van der Waals surface area contributed by atoms with Crippen LogP contribution in [0.4, 0.5) is 23.2 Å². The summed E-state index contributed by atoms with van der Waals surface area (Å²) in [6.07, 6.45) is 3.29. The van der Waals surface area contributed by atoms with Crippen LogP contribution in [0.2, 0.25) is 5.02 Å². The highest BCUT2D eigenvalue weighted by molar-refractivity contribution is 6.33. The van der Waals surface area contributed by atoms with E-state index in [2.05, 4.69) is 26.9 Å². The van der Waals surface area contributed by atoms with E-state index >= 15 is 0 Å². The van der Waals surface area contributed by atoms with E-state index in [0.717, 1.165) is 11.2 Å². The number of alkyl halides is 4. The maximum absolute atomic E-state index is 13.8. The van der Waals surface area contributed by atoms with E-state index in [9.17, 15) is 22.4 Å². The molecule has 0 fully saturated rings. The smallest absolute Gasteiger partial charge is 0.333 e. The molecule has 0 radical (unpaired) electrons. The molecule has 0 aliphatic rings. The van der Waals surface area contributed by atoms with Crippen molar-refractivity contribution >= 4 is 42.2 Å². The molecule has 0 bridgehead atoms. The molecule has 40 heavy (non-hydrogen) atoms. The maximum Gasteiger partial charge on any atom is 0.333 e. The van der Waals surface area contributed by atoms with E-state index in [-0.39, 0.29) is 28.8 Å². The summed E-state index contributed by atoms with van der Waals surface area (Å²) in [5.41, 5.74) is 7.46. The number of aliphatic imine (C=N–C) groups is 2. The minimum atomic E-state index is -3.07. The molecular weight excluding hydrogens is 556 g/mol. The monoisotopic (exact) mass is 580 g/mol. The summed E-state index contributed by atoms with van der Waals surface area (Å²) in [6, 6.07) is 9.40. The van der Waals surface area contributed by atoms with Crippen LogP contribution in [0, 0.1) is 0 Å². The Morgan fingerprint density at radius 1 is 1.20 bits per heavy atom. The van der Waals surface area contributed by atoms with Gasteiger partial charge in [0.1, 0.15) is 6.34 Å². The van der Waals surface area contributed by atoms with Gasteiger partial charge >= 0.3 is 13.1 Å². The van der Waals surface area contributed by atoms with Crippen molar-refractivity contribution in [3.8, 4) is 11.1 Å². The minimum absolute atomic E-state index is 0.0396. The number of ether oxygens (including phenoxy) is 1. The van der Waals surface area contributed by atoms with E-state index < -0.39 is 25.0 Å². The maximum atomic E-state index is 13.8. The van der Waals surface area contributed by atoms with E-state index in [1.807, 2.05) is 0 Å². The van der Waals surface area contributed by atoms with Gasteiger partial charge in [-0.25, -0.2) is 9.69 Å². The largest absolute Gasteiger partial charge is 0.382 e. The lowest BCUT2D eigenvalue weighted by atomic mass is 10.0. The van der Waals surface area contributed by atoms with Gasteiger partial charge in [-0.2, -0.15) is 27.8 Å². The van der Waals surface area contributed by atoms with Gasteiger partial charge in [-0.1, -0.05) is 29.8 Å². The number of carbonyl (C=O) groups is 1. The molecule has 0 saturated carbocycles. The lowest BCUT2D eigenvalue weighted by Crippen LogP contribution is -2.46. The second kappa shape index (κ2) is 13.7. The van der Waals surface area contributed by atoms with Crippen molar-refractivity contribution in [2.24, 2.45) is 20.8 Å². The van der Waals surface area contributed by atoms with Crippen molar-refractivity contribution in [3.05, 3.63) is 71.0 Å². The molecule has 1 aromatic heterocycles. The second-order valence-electron chi connectivity index (χ2n) is 8.04. The summed E-state index contributed by atoms with van der Waals surface area (Å²) in [7, 11) is 2.78. The van der Waals surface area contributed by atoms with Crippen molar-refractivity contribution in [2.75, 3.05) is 25.8 Å². The number of nitrogens with zero attached hydrogens (tertiary/aromatic N) is 7. The van der Waals surface area contributed by atoms with Crippen molar-refractivity contribution in [1.82, 2.24) is 14.7 Å². The van der Waals surface area contributed by atoms with Gasteiger partial charge in [0.2, 0.25) is 0 Å². The predicted molar refractivity (Wildman–Crippen MR) is 145 cm³/mol. The molecule has 3 rings (SSSR count).